The summed E-state index contributed by atoms with van der Waals surface area (Å²) in [6.45, 7) is 4.39. The molecule has 0 unspecified atom stereocenters. The first-order valence-electron chi connectivity index (χ1n) is 8.37. The van der Waals surface area contributed by atoms with Crippen LogP contribution in [0.4, 0.5) is 5.69 Å². The van der Waals surface area contributed by atoms with E-state index in [1.54, 1.807) is 10.3 Å². The Morgan fingerprint density at radius 2 is 1.92 bits per heavy atom. The van der Waals surface area contributed by atoms with E-state index in [9.17, 15) is 4.79 Å². The molecule has 5 heteroatoms. The Kier molecular flexibility index (Phi) is 5.45. The molecule has 130 valence electrons. The van der Waals surface area contributed by atoms with Crippen LogP contribution in [0.25, 0.3) is 10.6 Å². The topological polar surface area (TPSA) is 57.0 Å². The first-order valence-corrected chi connectivity index (χ1v) is 9.25. The predicted octanol–water partition coefficient (Wildman–Crippen LogP) is 4.99. The summed E-state index contributed by atoms with van der Waals surface area (Å²) in [5, 5.41) is 11.6. The number of benzene rings is 2. The van der Waals surface area contributed by atoms with E-state index >= 15 is 0 Å². The van der Waals surface area contributed by atoms with Crippen molar-refractivity contribution in [3.8, 4) is 16.6 Å². The molecule has 0 N–H and O–H groups in total. The Bertz CT molecular complexity index is 957. The lowest BCUT2D eigenvalue weighted by Gasteiger charge is -2.21. The second-order valence-corrected chi connectivity index (χ2v) is 6.90. The van der Waals surface area contributed by atoms with Gasteiger partial charge in [-0.25, -0.2) is 4.98 Å². The maximum atomic E-state index is 13.1. The number of rotatable bonds is 5. The van der Waals surface area contributed by atoms with E-state index < -0.39 is 0 Å². The summed E-state index contributed by atoms with van der Waals surface area (Å²) < 4.78 is 0. The third-order valence-electron chi connectivity index (χ3n) is 4.24. The molecule has 1 amide bonds. The minimum absolute atomic E-state index is 0.179. The van der Waals surface area contributed by atoms with E-state index in [1.165, 1.54) is 16.9 Å². The lowest BCUT2D eigenvalue weighted by atomic mass is 10.1. The lowest BCUT2D eigenvalue weighted by molar-refractivity contribution is 0.0983. The molecule has 0 radical (unpaired) electrons. The largest absolute Gasteiger partial charge is 0.306 e. The molecule has 3 aromatic rings. The molecule has 0 saturated carbocycles. The summed E-state index contributed by atoms with van der Waals surface area (Å²) in [5.41, 5.74) is 4.47. The monoisotopic (exact) mass is 361 g/mol. The minimum atomic E-state index is -0.179. The van der Waals surface area contributed by atoms with Gasteiger partial charge in [0.15, 0.2) is 0 Å². The SMILES string of the molecule is Cc1ccc(N(CCC#N)C(=O)c2csc(-c3ccccc3)n2)cc1C. The molecule has 0 fully saturated rings. The van der Waals surface area contributed by atoms with Crippen LogP contribution in [0.15, 0.2) is 53.9 Å². The van der Waals surface area contributed by atoms with Crippen molar-refractivity contribution in [2.45, 2.75) is 20.3 Å². The molecule has 4 nitrogen and oxygen atoms in total. The molecular weight excluding hydrogens is 342 g/mol. The van der Waals surface area contributed by atoms with Crippen molar-refractivity contribution in [3.63, 3.8) is 0 Å². The fourth-order valence-electron chi connectivity index (χ4n) is 2.63. The fourth-order valence-corrected chi connectivity index (χ4v) is 3.43. The van der Waals surface area contributed by atoms with E-state index in [-0.39, 0.29) is 12.3 Å². The van der Waals surface area contributed by atoms with Crippen LogP contribution in [0.2, 0.25) is 0 Å². The van der Waals surface area contributed by atoms with Gasteiger partial charge in [-0.1, -0.05) is 36.4 Å². The molecular formula is C21H19N3OS. The first kappa shape index (κ1) is 17.8. The highest BCUT2D eigenvalue weighted by Gasteiger charge is 2.21. The fraction of sp³-hybridized carbons (Fsp3) is 0.190. The first-order chi connectivity index (χ1) is 12.6. The summed E-state index contributed by atoms with van der Waals surface area (Å²) in [5.74, 6) is -0.179. The van der Waals surface area contributed by atoms with Crippen LogP contribution in [-0.4, -0.2) is 17.4 Å². The third kappa shape index (κ3) is 3.81. The zero-order chi connectivity index (χ0) is 18.5. The molecule has 0 aliphatic rings. The zero-order valence-corrected chi connectivity index (χ0v) is 15.6. The normalized spacial score (nSPS) is 10.3. The predicted molar refractivity (Wildman–Crippen MR) is 105 cm³/mol. The van der Waals surface area contributed by atoms with E-state index in [4.69, 9.17) is 5.26 Å². The van der Waals surface area contributed by atoms with Gasteiger partial charge in [-0.05, 0) is 37.1 Å². The highest BCUT2D eigenvalue weighted by atomic mass is 32.1. The molecule has 0 bridgehead atoms. The van der Waals surface area contributed by atoms with Crippen LogP contribution in [0, 0.1) is 25.2 Å². The zero-order valence-electron chi connectivity index (χ0n) is 14.8. The maximum absolute atomic E-state index is 13.1. The van der Waals surface area contributed by atoms with Gasteiger partial charge in [0.25, 0.3) is 5.91 Å². The molecule has 1 aromatic heterocycles. The number of hydrogen-bond acceptors (Lipinski definition) is 4. The molecule has 26 heavy (non-hydrogen) atoms. The van der Waals surface area contributed by atoms with Crippen molar-refractivity contribution >= 4 is 22.9 Å². The second kappa shape index (κ2) is 7.94. The number of aryl methyl sites for hydroxylation is 2. The van der Waals surface area contributed by atoms with Crippen molar-refractivity contribution < 1.29 is 4.79 Å². The second-order valence-electron chi connectivity index (χ2n) is 6.04. The third-order valence-corrected chi connectivity index (χ3v) is 5.13. The van der Waals surface area contributed by atoms with Crippen molar-refractivity contribution in [1.29, 1.82) is 5.26 Å². The molecule has 0 saturated heterocycles. The molecule has 2 aromatic carbocycles. The lowest BCUT2D eigenvalue weighted by Crippen LogP contribution is -2.32. The van der Waals surface area contributed by atoms with Crippen LogP contribution < -0.4 is 4.90 Å². The van der Waals surface area contributed by atoms with Gasteiger partial charge in [0.2, 0.25) is 0 Å². The van der Waals surface area contributed by atoms with Gasteiger partial charge < -0.3 is 4.90 Å². The number of nitriles is 1. The molecule has 0 aliphatic carbocycles. The van der Waals surface area contributed by atoms with Gasteiger partial charge in [-0.3, -0.25) is 4.79 Å². The van der Waals surface area contributed by atoms with Crippen molar-refractivity contribution in [1.82, 2.24) is 4.98 Å². The van der Waals surface area contributed by atoms with Gasteiger partial charge in [-0.2, -0.15) is 5.26 Å². The quantitative estimate of drug-likeness (QED) is 0.643. The van der Waals surface area contributed by atoms with Crippen LogP contribution in [-0.2, 0) is 0 Å². The van der Waals surface area contributed by atoms with Crippen LogP contribution in [0.1, 0.15) is 28.0 Å². The van der Waals surface area contributed by atoms with Crippen molar-refractivity contribution in [2.24, 2.45) is 0 Å². The summed E-state index contributed by atoms with van der Waals surface area (Å²) in [6.07, 6.45) is 0.272. The summed E-state index contributed by atoms with van der Waals surface area (Å²) in [4.78, 5) is 19.2. The number of amides is 1. The number of hydrogen-bond donors (Lipinski definition) is 0. The van der Waals surface area contributed by atoms with E-state index in [0.717, 1.165) is 21.8 Å². The van der Waals surface area contributed by atoms with E-state index in [0.29, 0.717) is 12.2 Å². The molecule has 0 spiro atoms. The highest BCUT2D eigenvalue weighted by molar-refractivity contribution is 7.13. The average molecular weight is 361 g/mol. The van der Waals surface area contributed by atoms with E-state index in [1.807, 2.05) is 62.4 Å². The van der Waals surface area contributed by atoms with Crippen molar-refractivity contribution in [2.75, 3.05) is 11.4 Å². The van der Waals surface area contributed by atoms with Crippen LogP contribution >= 0.6 is 11.3 Å². The Labute approximate surface area is 157 Å². The molecule has 0 aliphatic heterocycles. The van der Waals surface area contributed by atoms with E-state index in [2.05, 4.69) is 11.1 Å². The van der Waals surface area contributed by atoms with Gasteiger partial charge in [0.05, 0.1) is 12.5 Å². The van der Waals surface area contributed by atoms with Gasteiger partial charge in [0.1, 0.15) is 10.7 Å². The maximum Gasteiger partial charge on any atom is 0.277 e. The molecule has 3 rings (SSSR count). The van der Waals surface area contributed by atoms with Crippen LogP contribution in [0.5, 0.6) is 0 Å². The van der Waals surface area contributed by atoms with Crippen molar-refractivity contribution in [3.05, 3.63) is 70.7 Å². The smallest absolute Gasteiger partial charge is 0.277 e. The Hall–Kier alpha value is -2.97. The number of aromatic nitrogens is 1. The number of carbonyl (C=O) groups excluding carboxylic acids is 1. The molecule has 0 atom stereocenters. The molecule has 1 heterocycles. The van der Waals surface area contributed by atoms with Gasteiger partial charge in [-0.15, -0.1) is 11.3 Å². The summed E-state index contributed by atoms with van der Waals surface area (Å²) in [6, 6.07) is 17.8. The Morgan fingerprint density at radius 3 is 2.62 bits per heavy atom. The number of carbonyl (C=O) groups is 1. The minimum Gasteiger partial charge on any atom is -0.306 e. The summed E-state index contributed by atoms with van der Waals surface area (Å²) in [7, 11) is 0. The highest BCUT2D eigenvalue weighted by Crippen LogP contribution is 2.26. The number of thiazole rings is 1. The van der Waals surface area contributed by atoms with Gasteiger partial charge in [0, 0.05) is 23.2 Å². The standard InChI is InChI=1S/C21H19N3OS/c1-15-9-10-18(13-16(15)2)24(12-6-11-22)21(25)19-14-26-20(23-19)17-7-4-3-5-8-17/h3-5,7-10,13-14H,6,12H2,1-2H3. The number of nitrogens with zero attached hydrogens (tertiary/aromatic N) is 3. The summed E-state index contributed by atoms with van der Waals surface area (Å²) >= 11 is 1.45. The Morgan fingerprint density at radius 1 is 1.15 bits per heavy atom. The average Bonchev–Trinajstić information content (AvgIpc) is 3.15. The van der Waals surface area contributed by atoms with Crippen LogP contribution in [0.3, 0.4) is 0 Å². The Balaban J connectivity index is 1.92. The van der Waals surface area contributed by atoms with Gasteiger partial charge >= 0.3 is 0 Å². The number of anilines is 1.